The van der Waals surface area contributed by atoms with Crippen LogP contribution < -0.4 is 10.2 Å². The molecule has 6 heteroatoms. The number of rotatable bonds is 1. The van der Waals surface area contributed by atoms with E-state index in [9.17, 15) is 9.59 Å². The van der Waals surface area contributed by atoms with Crippen molar-refractivity contribution in [2.24, 2.45) is 5.92 Å². The summed E-state index contributed by atoms with van der Waals surface area (Å²) in [7, 11) is 1.97. The van der Waals surface area contributed by atoms with Crippen molar-refractivity contribution < 1.29 is 14.3 Å². The van der Waals surface area contributed by atoms with Gasteiger partial charge in [0.1, 0.15) is 0 Å². The molecule has 3 heterocycles. The van der Waals surface area contributed by atoms with Crippen molar-refractivity contribution >= 4 is 23.2 Å². The zero-order valence-corrected chi connectivity index (χ0v) is 14.7. The Bertz CT molecular complexity index is 690. The molecule has 3 aliphatic heterocycles. The number of ether oxygens (including phenoxy) is 1. The maximum Gasteiger partial charge on any atom is 0.253 e. The maximum atomic E-state index is 13.0. The topological polar surface area (TPSA) is 61.9 Å². The van der Waals surface area contributed by atoms with Crippen molar-refractivity contribution in [3.63, 3.8) is 0 Å². The lowest BCUT2D eigenvalue weighted by molar-refractivity contribution is -0.115. The highest BCUT2D eigenvalue weighted by atomic mass is 16.5. The van der Waals surface area contributed by atoms with Crippen LogP contribution in [0.2, 0.25) is 0 Å². The minimum absolute atomic E-state index is 0.00429. The van der Waals surface area contributed by atoms with Crippen LogP contribution in [-0.2, 0) is 9.53 Å². The Balaban J connectivity index is 1.53. The number of anilines is 2. The first-order chi connectivity index (χ1) is 12.1. The van der Waals surface area contributed by atoms with Gasteiger partial charge in [-0.05, 0) is 37.5 Å². The van der Waals surface area contributed by atoms with Crippen LogP contribution in [0, 0.1) is 5.92 Å². The Kier molecular flexibility index (Phi) is 4.37. The molecular weight excluding hydrogens is 318 g/mol. The van der Waals surface area contributed by atoms with Crippen molar-refractivity contribution in [3.05, 3.63) is 23.8 Å². The van der Waals surface area contributed by atoms with Gasteiger partial charge in [-0.25, -0.2) is 0 Å². The Hall–Kier alpha value is -2.08. The number of nitrogens with one attached hydrogen (secondary N) is 1. The normalized spacial score (nSPS) is 26.4. The van der Waals surface area contributed by atoms with Crippen LogP contribution in [0.25, 0.3) is 0 Å². The lowest BCUT2D eigenvalue weighted by Gasteiger charge is -2.41. The molecule has 3 aliphatic rings. The standard InChI is InChI=1S/C19H25N3O3/c1-21-8-7-18(23)20-15-11-13(4-5-16(15)21)19(24)22-9-6-17-14(12-22)3-2-10-25-17/h4-5,11,14,17H,2-3,6-10,12H2,1H3,(H,20,23). The summed E-state index contributed by atoms with van der Waals surface area (Å²) in [6.45, 7) is 3.05. The number of piperidine rings is 1. The van der Waals surface area contributed by atoms with Crippen LogP contribution in [0.3, 0.4) is 0 Å². The second-order valence-corrected chi connectivity index (χ2v) is 7.30. The van der Waals surface area contributed by atoms with Crippen LogP contribution in [0.4, 0.5) is 11.4 Å². The lowest BCUT2D eigenvalue weighted by atomic mass is 9.88. The summed E-state index contributed by atoms with van der Waals surface area (Å²) in [6, 6.07) is 5.63. The zero-order chi connectivity index (χ0) is 17.4. The molecule has 0 saturated carbocycles. The maximum absolute atomic E-state index is 13.0. The van der Waals surface area contributed by atoms with E-state index in [1.165, 1.54) is 0 Å². The predicted molar refractivity (Wildman–Crippen MR) is 95.9 cm³/mol. The largest absolute Gasteiger partial charge is 0.378 e. The van der Waals surface area contributed by atoms with Gasteiger partial charge < -0.3 is 19.9 Å². The molecule has 0 aliphatic carbocycles. The number of amides is 2. The van der Waals surface area contributed by atoms with Crippen LogP contribution in [0.5, 0.6) is 0 Å². The first-order valence-electron chi connectivity index (χ1n) is 9.18. The molecule has 1 N–H and O–H groups in total. The predicted octanol–water partition coefficient (Wildman–Crippen LogP) is 2.11. The number of carbonyl (C=O) groups excluding carboxylic acids is 2. The quantitative estimate of drug-likeness (QED) is 0.848. The molecule has 25 heavy (non-hydrogen) atoms. The van der Waals surface area contributed by atoms with Gasteiger partial charge in [-0.15, -0.1) is 0 Å². The summed E-state index contributed by atoms with van der Waals surface area (Å²) >= 11 is 0. The van der Waals surface area contributed by atoms with E-state index in [4.69, 9.17) is 4.74 Å². The third-order valence-corrected chi connectivity index (χ3v) is 5.61. The summed E-state index contributed by atoms with van der Waals surface area (Å²) in [5.74, 6) is 0.501. The molecule has 2 atom stereocenters. The fourth-order valence-corrected chi connectivity index (χ4v) is 4.16. The highest BCUT2D eigenvalue weighted by Crippen LogP contribution is 2.32. The molecule has 0 spiro atoms. The third-order valence-electron chi connectivity index (χ3n) is 5.61. The molecule has 1 aromatic carbocycles. The second-order valence-electron chi connectivity index (χ2n) is 7.30. The molecule has 6 nitrogen and oxygen atoms in total. The monoisotopic (exact) mass is 343 g/mol. The molecule has 2 unspecified atom stereocenters. The summed E-state index contributed by atoms with van der Waals surface area (Å²) in [5, 5.41) is 2.92. The summed E-state index contributed by atoms with van der Waals surface area (Å²) < 4.78 is 5.84. The number of benzene rings is 1. The van der Waals surface area contributed by atoms with E-state index < -0.39 is 0 Å². The SMILES string of the molecule is CN1CCC(=O)Nc2cc(C(=O)N3CCC4OCCCC4C3)ccc21. The Morgan fingerprint density at radius 2 is 2.16 bits per heavy atom. The molecular formula is C19H25N3O3. The molecule has 1 aromatic rings. The average molecular weight is 343 g/mol. The van der Waals surface area contributed by atoms with E-state index in [0.29, 0.717) is 30.6 Å². The highest BCUT2D eigenvalue weighted by molar-refractivity contribution is 6.01. The first-order valence-corrected chi connectivity index (χ1v) is 9.18. The number of nitrogens with zero attached hydrogens (tertiary/aromatic N) is 2. The second kappa shape index (κ2) is 6.67. The van der Waals surface area contributed by atoms with Gasteiger partial charge in [-0.2, -0.15) is 0 Å². The summed E-state index contributed by atoms with van der Waals surface area (Å²) in [5.41, 5.74) is 2.33. The Labute approximate surface area is 148 Å². The van der Waals surface area contributed by atoms with Crippen molar-refractivity contribution in [1.82, 2.24) is 4.90 Å². The van der Waals surface area contributed by atoms with E-state index in [-0.39, 0.29) is 11.8 Å². The Morgan fingerprint density at radius 3 is 3.04 bits per heavy atom. The lowest BCUT2D eigenvalue weighted by Crippen LogP contribution is -2.48. The van der Waals surface area contributed by atoms with Gasteiger partial charge in [0, 0.05) is 51.2 Å². The number of likely N-dealkylation sites (tertiary alicyclic amines) is 1. The van der Waals surface area contributed by atoms with E-state index in [1.54, 1.807) is 0 Å². The van der Waals surface area contributed by atoms with Crippen molar-refractivity contribution in [1.29, 1.82) is 0 Å². The molecule has 4 rings (SSSR count). The Morgan fingerprint density at radius 1 is 1.28 bits per heavy atom. The zero-order valence-electron chi connectivity index (χ0n) is 14.7. The molecule has 2 amide bonds. The van der Waals surface area contributed by atoms with Gasteiger partial charge in [0.25, 0.3) is 5.91 Å². The van der Waals surface area contributed by atoms with Gasteiger partial charge in [0.2, 0.25) is 5.91 Å². The average Bonchev–Trinajstić information content (AvgIpc) is 2.78. The molecule has 134 valence electrons. The van der Waals surface area contributed by atoms with Crippen molar-refractivity contribution in [3.8, 4) is 0 Å². The van der Waals surface area contributed by atoms with Crippen molar-refractivity contribution in [2.45, 2.75) is 31.8 Å². The minimum Gasteiger partial charge on any atom is -0.378 e. The molecule has 0 bridgehead atoms. The number of fused-ring (bicyclic) bond motifs is 2. The third kappa shape index (κ3) is 3.23. The van der Waals surface area contributed by atoms with Crippen LogP contribution in [-0.4, -0.2) is 56.1 Å². The van der Waals surface area contributed by atoms with Gasteiger partial charge in [0.15, 0.2) is 0 Å². The van der Waals surface area contributed by atoms with Gasteiger partial charge in [-0.3, -0.25) is 9.59 Å². The molecule has 2 saturated heterocycles. The van der Waals surface area contributed by atoms with Crippen LogP contribution in [0.15, 0.2) is 18.2 Å². The highest BCUT2D eigenvalue weighted by Gasteiger charge is 2.34. The fraction of sp³-hybridized carbons (Fsp3) is 0.579. The van der Waals surface area contributed by atoms with Crippen LogP contribution in [0.1, 0.15) is 36.0 Å². The van der Waals surface area contributed by atoms with Crippen molar-refractivity contribution in [2.75, 3.05) is 43.5 Å². The number of hydrogen-bond donors (Lipinski definition) is 1. The number of hydrogen-bond acceptors (Lipinski definition) is 4. The van der Waals surface area contributed by atoms with Gasteiger partial charge >= 0.3 is 0 Å². The fourth-order valence-electron chi connectivity index (χ4n) is 4.16. The van der Waals surface area contributed by atoms with E-state index in [1.807, 2.05) is 35.0 Å². The molecule has 0 aromatic heterocycles. The summed E-state index contributed by atoms with van der Waals surface area (Å²) in [6.07, 6.45) is 3.92. The van der Waals surface area contributed by atoms with Gasteiger partial charge in [0.05, 0.1) is 17.5 Å². The van der Waals surface area contributed by atoms with Crippen LogP contribution >= 0.6 is 0 Å². The van der Waals surface area contributed by atoms with E-state index >= 15 is 0 Å². The first kappa shape index (κ1) is 16.4. The van der Waals surface area contributed by atoms with E-state index in [2.05, 4.69) is 5.32 Å². The van der Waals surface area contributed by atoms with Gasteiger partial charge in [-0.1, -0.05) is 0 Å². The molecule has 0 radical (unpaired) electrons. The number of carbonyl (C=O) groups is 2. The summed E-state index contributed by atoms with van der Waals surface area (Å²) in [4.78, 5) is 28.8. The van der Waals surface area contributed by atoms with E-state index in [0.717, 1.165) is 50.3 Å². The minimum atomic E-state index is -0.00429. The smallest absolute Gasteiger partial charge is 0.253 e. The molecule has 2 fully saturated rings.